The summed E-state index contributed by atoms with van der Waals surface area (Å²) in [6.07, 6.45) is -16.6. The molecule has 0 aromatic rings. The minimum Gasteiger partial charge on any atom is -0.460 e. The average molecular weight is 422 g/mol. The quantitative estimate of drug-likeness (QED) is 0.523. The van der Waals surface area contributed by atoms with Crippen molar-refractivity contribution in [3.05, 3.63) is 0 Å². The molecule has 0 spiro atoms. The zero-order valence-electron chi connectivity index (χ0n) is 15.4. The molecule has 2 atom stereocenters. The molecule has 0 aromatic heterocycles. The number of aliphatic hydroxyl groups is 1. The summed E-state index contributed by atoms with van der Waals surface area (Å²) in [5.41, 5.74) is -6.77. The van der Waals surface area contributed by atoms with Gasteiger partial charge in [-0.2, -0.15) is 26.3 Å². The Morgan fingerprint density at radius 2 is 1.71 bits per heavy atom. The summed E-state index contributed by atoms with van der Waals surface area (Å²) < 4.78 is 81.9. The van der Waals surface area contributed by atoms with Gasteiger partial charge in [0, 0.05) is 12.5 Å². The predicted molar refractivity (Wildman–Crippen MR) is 82.1 cm³/mol. The molecule has 13 heteroatoms. The third-order valence-electron chi connectivity index (χ3n) is 3.53. The molecule has 0 bridgehead atoms. The maximum atomic E-state index is 12.8. The molecule has 0 saturated carbocycles. The first-order valence-corrected chi connectivity index (χ1v) is 7.99. The Hall–Kier alpha value is -2.05. The number of hydrogen-bond donors (Lipinski definition) is 2. The Morgan fingerprint density at radius 3 is 2.14 bits per heavy atom. The van der Waals surface area contributed by atoms with Crippen LogP contribution >= 0.6 is 0 Å². The van der Waals surface area contributed by atoms with Crippen LogP contribution in [-0.4, -0.2) is 58.4 Å². The lowest BCUT2D eigenvalue weighted by Gasteiger charge is -2.35. The highest BCUT2D eigenvalue weighted by atomic mass is 19.4. The van der Waals surface area contributed by atoms with Crippen LogP contribution in [0.3, 0.4) is 0 Å². The van der Waals surface area contributed by atoms with Gasteiger partial charge in [-0.15, -0.1) is 0 Å². The Balaban J connectivity index is 2.75. The number of carbonyl (C=O) groups excluding carboxylic acids is 2. The first-order valence-electron chi connectivity index (χ1n) is 7.99. The summed E-state index contributed by atoms with van der Waals surface area (Å²) in [6, 6.07) is -0.854. The summed E-state index contributed by atoms with van der Waals surface area (Å²) in [5, 5.41) is 14.4. The molecule has 1 heterocycles. The van der Waals surface area contributed by atoms with Crippen LogP contribution in [-0.2, 0) is 19.2 Å². The maximum absolute atomic E-state index is 12.8. The third kappa shape index (κ3) is 5.49. The zero-order chi connectivity index (χ0) is 22.1. The van der Waals surface area contributed by atoms with Crippen molar-refractivity contribution in [3.63, 3.8) is 0 Å². The van der Waals surface area contributed by atoms with E-state index in [2.05, 4.69) is 15.3 Å². The highest BCUT2D eigenvalue weighted by Crippen LogP contribution is 2.48. The number of ether oxygens (including phenoxy) is 1. The predicted octanol–water partition coefficient (Wildman–Crippen LogP) is 2.22. The second-order valence-corrected chi connectivity index (χ2v) is 7.26. The van der Waals surface area contributed by atoms with Gasteiger partial charge in [-0.25, -0.2) is 0 Å². The van der Waals surface area contributed by atoms with Gasteiger partial charge in [-0.3, -0.25) is 9.59 Å². The first-order chi connectivity index (χ1) is 12.4. The van der Waals surface area contributed by atoms with Crippen LogP contribution in [0.5, 0.6) is 0 Å². The van der Waals surface area contributed by atoms with E-state index in [0.717, 1.165) is 0 Å². The number of carbonyl (C=O) groups is 2. The lowest BCUT2D eigenvalue weighted by Crippen LogP contribution is -2.64. The molecule has 1 aliphatic rings. The van der Waals surface area contributed by atoms with Gasteiger partial charge in [-0.05, 0) is 27.7 Å². The molecule has 1 aliphatic heterocycles. The number of amides is 1. The van der Waals surface area contributed by atoms with E-state index in [1.807, 2.05) is 0 Å². The van der Waals surface area contributed by atoms with Gasteiger partial charge in [0.25, 0.3) is 11.5 Å². The molecule has 0 aromatic carbocycles. The number of halogens is 6. The van der Waals surface area contributed by atoms with Crippen LogP contribution in [0.1, 0.15) is 40.5 Å². The topological polar surface area (TPSA) is 97.2 Å². The summed E-state index contributed by atoms with van der Waals surface area (Å²) >= 11 is 0. The van der Waals surface area contributed by atoms with Crippen LogP contribution in [0.4, 0.5) is 26.3 Å². The smallest absolute Gasteiger partial charge is 0.430 e. The Morgan fingerprint density at radius 1 is 1.21 bits per heavy atom. The lowest BCUT2D eigenvalue weighted by molar-refractivity contribution is -0.392. The number of rotatable bonds is 5. The van der Waals surface area contributed by atoms with Crippen molar-refractivity contribution in [1.29, 1.82) is 0 Å². The van der Waals surface area contributed by atoms with Crippen molar-refractivity contribution in [2.45, 2.75) is 76.2 Å². The Kier molecular flexibility index (Phi) is 6.65. The molecule has 0 radical (unpaired) electrons. The van der Waals surface area contributed by atoms with Crippen molar-refractivity contribution in [1.82, 2.24) is 5.32 Å². The van der Waals surface area contributed by atoms with Crippen molar-refractivity contribution in [2.24, 2.45) is 5.16 Å². The largest absolute Gasteiger partial charge is 0.460 e. The fourth-order valence-corrected chi connectivity index (χ4v) is 2.25. The van der Waals surface area contributed by atoms with E-state index in [1.54, 1.807) is 20.8 Å². The van der Waals surface area contributed by atoms with Gasteiger partial charge in [0.05, 0.1) is 6.42 Å². The van der Waals surface area contributed by atoms with E-state index in [9.17, 15) is 41.0 Å². The minimum atomic E-state index is -6.11. The van der Waals surface area contributed by atoms with Gasteiger partial charge in [0.2, 0.25) is 0 Å². The Bertz CT molecular complexity index is 624. The van der Waals surface area contributed by atoms with Crippen LogP contribution in [0.25, 0.3) is 0 Å². The second kappa shape index (κ2) is 7.76. The monoisotopic (exact) mass is 422 g/mol. The zero-order valence-corrected chi connectivity index (χ0v) is 15.4. The third-order valence-corrected chi connectivity index (χ3v) is 3.53. The number of alkyl halides is 6. The molecule has 162 valence electrons. The van der Waals surface area contributed by atoms with Gasteiger partial charge in [-0.1, -0.05) is 5.16 Å². The first kappa shape index (κ1) is 24.0. The van der Waals surface area contributed by atoms with Crippen LogP contribution in [0, 0.1) is 0 Å². The van der Waals surface area contributed by atoms with Gasteiger partial charge < -0.3 is 20.0 Å². The molecule has 28 heavy (non-hydrogen) atoms. The number of nitrogens with zero attached hydrogens (tertiary/aromatic N) is 1. The summed E-state index contributed by atoms with van der Waals surface area (Å²) in [7, 11) is 0. The van der Waals surface area contributed by atoms with Crippen molar-refractivity contribution in [2.75, 3.05) is 0 Å². The van der Waals surface area contributed by atoms with E-state index in [0.29, 0.717) is 0 Å². The van der Waals surface area contributed by atoms with Crippen molar-refractivity contribution >= 4 is 17.6 Å². The van der Waals surface area contributed by atoms with E-state index in [-0.39, 0.29) is 6.42 Å². The fourth-order valence-electron chi connectivity index (χ4n) is 2.25. The van der Waals surface area contributed by atoms with Crippen molar-refractivity contribution < 1.29 is 50.6 Å². The molecule has 2 N–H and O–H groups in total. The molecule has 0 fully saturated rings. The van der Waals surface area contributed by atoms with Crippen LogP contribution in [0.2, 0.25) is 0 Å². The SMILES string of the molecule is C[C@@H](CC(=O)OC(C)(C)C)NC(=O)C1=NO[C@H](C(O)(C(F)(F)F)C(F)(F)F)C1. The van der Waals surface area contributed by atoms with Crippen molar-refractivity contribution in [3.8, 4) is 0 Å². The van der Waals surface area contributed by atoms with Crippen LogP contribution in [0.15, 0.2) is 5.16 Å². The average Bonchev–Trinajstić information content (AvgIpc) is 2.91. The van der Waals surface area contributed by atoms with E-state index >= 15 is 0 Å². The molecule has 1 amide bonds. The molecule has 1 rings (SSSR count). The molecule has 0 aliphatic carbocycles. The van der Waals surface area contributed by atoms with Crippen LogP contribution < -0.4 is 5.32 Å². The number of nitrogens with one attached hydrogen (secondary N) is 1. The number of oxime groups is 1. The van der Waals surface area contributed by atoms with E-state index < -0.39 is 59.7 Å². The lowest BCUT2D eigenvalue weighted by atomic mass is 9.91. The van der Waals surface area contributed by atoms with E-state index in [4.69, 9.17) is 4.74 Å². The summed E-state index contributed by atoms with van der Waals surface area (Å²) in [4.78, 5) is 27.7. The molecular weight excluding hydrogens is 402 g/mol. The fraction of sp³-hybridized carbons (Fsp3) is 0.800. The number of esters is 1. The highest BCUT2D eigenvalue weighted by Gasteiger charge is 2.76. The molecule has 0 saturated heterocycles. The van der Waals surface area contributed by atoms with E-state index in [1.165, 1.54) is 6.92 Å². The maximum Gasteiger partial charge on any atom is 0.430 e. The highest BCUT2D eigenvalue weighted by molar-refractivity contribution is 6.39. The minimum absolute atomic E-state index is 0.296. The Labute approximate surface area is 156 Å². The molecular formula is C15H20F6N2O5. The molecule has 7 nitrogen and oxygen atoms in total. The summed E-state index contributed by atoms with van der Waals surface area (Å²) in [6.45, 7) is 6.21. The normalized spacial score (nSPS) is 19.5. The standard InChI is InChI=1S/C15H20F6N2O5/c1-7(5-10(24)27-12(2,3)4)22-11(25)8-6-9(28-23-8)13(26,14(16,17)18)15(19,20)21/h7,9,26H,5-6H2,1-4H3,(H,22,25)/t7-,9-/m0/s1. The molecule has 0 unspecified atom stereocenters. The van der Waals surface area contributed by atoms with Gasteiger partial charge >= 0.3 is 18.3 Å². The number of hydrogen-bond acceptors (Lipinski definition) is 6. The second-order valence-electron chi connectivity index (χ2n) is 7.26. The van der Waals surface area contributed by atoms with Gasteiger partial charge in [0.15, 0.2) is 6.10 Å². The van der Waals surface area contributed by atoms with Gasteiger partial charge in [0.1, 0.15) is 11.3 Å². The summed E-state index contributed by atoms with van der Waals surface area (Å²) in [5.74, 6) is -1.81.